The van der Waals surface area contributed by atoms with E-state index in [2.05, 4.69) is 5.32 Å². The van der Waals surface area contributed by atoms with E-state index in [9.17, 15) is 13.2 Å². The summed E-state index contributed by atoms with van der Waals surface area (Å²) in [5.74, 6) is -0.314. The van der Waals surface area contributed by atoms with Gasteiger partial charge in [-0.05, 0) is 35.4 Å². The van der Waals surface area contributed by atoms with Crippen LogP contribution in [-0.4, -0.2) is 20.6 Å². The number of hydrogen-bond acceptors (Lipinski definition) is 3. The first-order valence-electron chi connectivity index (χ1n) is 6.73. The lowest BCUT2D eigenvalue weighted by Crippen LogP contribution is -2.15. The summed E-state index contributed by atoms with van der Waals surface area (Å²) in [4.78, 5) is 12.1. The molecule has 2 rings (SSSR count). The molecule has 2 aromatic rings. The van der Waals surface area contributed by atoms with Crippen molar-refractivity contribution in [1.29, 1.82) is 0 Å². The van der Waals surface area contributed by atoms with Gasteiger partial charge in [0.1, 0.15) is 0 Å². The van der Waals surface area contributed by atoms with E-state index in [4.69, 9.17) is 23.2 Å². The molecule has 2 aromatic carbocycles. The van der Waals surface area contributed by atoms with E-state index in [1.807, 2.05) is 0 Å². The van der Waals surface area contributed by atoms with E-state index < -0.39 is 9.84 Å². The van der Waals surface area contributed by atoms with Gasteiger partial charge < -0.3 is 5.32 Å². The van der Waals surface area contributed by atoms with Crippen LogP contribution in [0.3, 0.4) is 0 Å². The van der Waals surface area contributed by atoms with Gasteiger partial charge in [0.15, 0.2) is 9.84 Å². The summed E-state index contributed by atoms with van der Waals surface area (Å²) in [6, 6.07) is 11.7. The Kier molecular flexibility index (Phi) is 5.68. The third kappa shape index (κ3) is 5.86. The molecular weight excluding hydrogens is 357 g/mol. The van der Waals surface area contributed by atoms with Crippen molar-refractivity contribution in [1.82, 2.24) is 0 Å². The van der Waals surface area contributed by atoms with Gasteiger partial charge in [0.2, 0.25) is 5.91 Å². The summed E-state index contributed by atoms with van der Waals surface area (Å²) < 4.78 is 22.7. The average molecular weight is 372 g/mol. The van der Waals surface area contributed by atoms with Gasteiger partial charge in [-0.1, -0.05) is 41.4 Å². The molecule has 23 heavy (non-hydrogen) atoms. The van der Waals surface area contributed by atoms with Crippen LogP contribution in [-0.2, 0) is 26.8 Å². The van der Waals surface area contributed by atoms with E-state index in [0.29, 0.717) is 26.9 Å². The topological polar surface area (TPSA) is 63.2 Å². The minimum atomic E-state index is -3.12. The molecule has 0 atom stereocenters. The maximum atomic E-state index is 12.1. The van der Waals surface area contributed by atoms with E-state index in [1.54, 1.807) is 42.5 Å². The summed E-state index contributed by atoms with van der Waals surface area (Å²) in [6.45, 7) is 0. The molecule has 1 amide bonds. The maximum absolute atomic E-state index is 12.1. The van der Waals surface area contributed by atoms with Crippen LogP contribution in [0.5, 0.6) is 0 Å². The van der Waals surface area contributed by atoms with Crippen molar-refractivity contribution < 1.29 is 13.2 Å². The first-order valence-corrected chi connectivity index (χ1v) is 9.55. The van der Waals surface area contributed by atoms with Gasteiger partial charge >= 0.3 is 0 Å². The number of carbonyl (C=O) groups is 1. The van der Waals surface area contributed by atoms with Gasteiger partial charge in [0, 0.05) is 22.0 Å². The minimum Gasteiger partial charge on any atom is -0.326 e. The molecule has 0 fully saturated rings. The number of benzene rings is 2. The third-order valence-corrected chi connectivity index (χ3v) is 4.45. The molecule has 4 nitrogen and oxygen atoms in total. The maximum Gasteiger partial charge on any atom is 0.228 e. The van der Waals surface area contributed by atoms with Crippen LogP contribution in [0.4, 0.5) is 5.69 Å². The first-order chi connectivity index (χ1) is 10.7. The summed E-state index contributed by atoms with van der Waals surface area (Å²) in [7, 11) is -3.12. The number of carbonyl (C=O) groups excluding carboxylic acids is 1. The fourth-order valence-corrected chi connectivity index (χ4v) is 3.35. The van der Waals surface area contributed by atoms with Gasteiger partial charge in [0.25, 0.3) is 0 Å². The normalized spacial score (nSPS) is 11.3. The van der Waals surface area contributed by atoms with Crippen molar-refractivity contribution >= 4 is 44.6 Å². The number of amides is 1. The summed E-state index contributed by atoms with van der Waals surface area (Å²) in [5, 5.41) is 3.67. The molecule has 0 bridgehead atoms. The number of nitrogens with one attached hydrogen (secondary N) is 1. The van der Waals surface area contributed by atoms with Crippen LogP contribution in [0.25, 0.3) is 0 Å². The van der Waals surface area contributed by atoms with Crippen LogP contribution in [0, 0.1) is 0 Å². The highest BCUT2D eigenvalue weighted by Crippen LogP contribution is 2.22. The Morgan fingerprint density at radius 1 is 1.13 bits per heavy atom. The molecule has 0 aromatic heterocycles. The van der Waals surface area contributed by atoms with Crippen molar-refractivity contribution in [3.05, 3.63) is 63.6 Å². The Hall–Kier alpha value is -1.56. The highest BCUT2D eigenvalue weighted by atomic mass is 35.5. The second kappa shape index (κ2) is 7.34. The molecule has 0 heterocycles. The predicted molar refractivity (Wildman–Crippen MR) is 93.8 cm³/mol. The molecule has 0 radical (unpaired) electrons. The zero-order chi connectivity index (χ0) is 17.0. The van der Waals surface area contributed by atoms with E-state index in [0.717, 1.165) is 0 Å². The zero-order valence-electron chi connectivity index (χ0n) is 12.3. The number of anilines is 1. The molecule has 0 saturated carbocycles. The van der Waals surface area contributed by atoms with E-state index in [-0.39, 0.29) is 18.1 Å². The zero-order valence-corrected chi connectivity index (χ0v) is 14.7. The quantitative estimate of drug-likeness (QED) is 0.870. The molecule has 7 heteroatoms. The highest BCUT2D eigenvalue weighted by Gasteiger charge is 2.09. The van der Waals surface area contributed by atoms with Crippen LogP contribution >= 0.6 is 23.2 Å². The van der Waals surface area contributed by atoms with Gasteiger partial charge in [-0.3, -0.25) is 4.79 Å². The van der Waals surface area contributed by atoms with Crippen LogP contribution in [0.15, 0.2) is 42.5 Å². The molecule has 122 valence electrons. The van der Waals surface area contributed by atoms with Crippen molar-refractivity contribution in [3.63, 3.8) is 0 Å². The molecule has 0 unspecified atom stereocenters. The average Bonchev–Trinajstić information content (AvgIpc) is 2.40. The Bertz CT molecular complexity index is 835. The van der Waals surface area contributed by atoms with Crippen LogP contribution in [0.1, 0.15) is 11.1 Å². The monoisotopic (exact) mass is 371 g/mol. The molecule has 0 spiro atoms. The molecule has 0 aliphatic rings. The lowest BCUT2D eigenvalue weighted by atomic mass is 10.1. The van der Waals surface area contributed by atoms with Gasteiger partial charge in [-0.2, -0.15) is 0 Å². The second-order valence-electron chi connectivity index (χ2n) is 5.23. The number of halogens is 2. The highest BCUT2D eigenvalue weighted by molar-refractivity contribution is 7.89. The van der Waals surface area contributed by atoms with E-state index >= 15 is 0 Å². The SMILES string of the molecule is CS(=O)(=O)Cc1cccc(NC(=O)Cc2ccc(Cl)cc2Cl)c1. The standard InChI is InChI=1S/C16H15Cl2NO3S/c1-23(21,22)10-11-3-2-4-14(7-11)19-16(20)8-12-5-6-13(17)9-15(12)18/h2-7,9H,8,10H2,1H3,(H,19,20). The Morgan fingerprint density at radius 3 is 2.52 bits per heavy atom. The van der Waals surface area contributed by atoms with Crippen molar-refractivity contribution in [2.45, 2.75) is 12.2 Å². The molecule has 0 aliphatic heterocycles. The lowest BCUT2D eigenvalue weighted by molar-refractivity contribution is -0.115. The number of rotatable bonds is 5. The fourth-order valence-electron chi connectivity index (χ4n) is 2.08. The lowest BCUT2D eigenvalue weighted by Gasteiger charge is -2.08. The van der Waals surface area contributed by atoms with Crippen LogP contribution < -0.4 is 5.32 Å². The Balaban J connectivity index is 2.07. The Morgan fingerprint density at radius 2 is 1.87 bits per heavy atom. The predicted octanol–water partition coefficient (Wildman–Crippen LogP) is 3.72. The van der Waals surface area contributed by atoms with Crippen molar-refractivity contribution in [3.8, 4) is 0 Å². The van der Waals surface area contributed by atoms with Crippen molar-refractivity contribution in [2.75, 3.05) is 11.6 Å². The minimum absolute atomic E-state index is 0.0697. The molecule has 1 N–H and O–H groups in total. The number of sulfone groups is 1. The Labute approximate surface area is 145 Å². The number of hydrogen-bond donors (Lipinski definition) is 1. The summed E-state index contributed by atoms with van der Waals surface area (Å²) >= 11 is 11.9. The fraction of sp³-hybridized carbons (Fsp3) is 0.188. The molecule has 0 saturated heterocycles. The van der Waals surface area contributed by atoms with Gasteiger partial charge in [-0.15, -0.1) is 0 Å². The second-order valence-corrected chi connectivity index (χ2v) is 8.21. The van der Waals surface area contributed by atoms with E-state index in [1.165, 1.54) is 6.26 Å². The first kappa shape index (κ1) is 17.8. The largest absolute Gasteiger partial charge is 0.326 e. The summed E-state index contributed by atoms with van der Waals surface area (Å²) in [6.07, 6.45) is 1.27. The van der Waals surface area contributed by atoms with Crippen molar-refractivity contribution in [2.24, 2.45) is 0 Å². The third-order valence-electron chi connectivity index (χ3n) is 3.01. The van der Waals surface area contributed by atoms with Gasteiger partial charge in [-0.25, -0.2) is 8.42 Å². The summed E-state index contributed by atoms with van der Waals surface area (Å²) in [5.41, 5.74) is 1.83. The van der Waals surface area contributed by atoms with Gasteiger partial charge in [0.05, 0.1) is 12.2 Å². The molecular formula is C16H15Cl2NO3S. The van der Waals surface area contributed by atoms with Crippen LogP contribution in [0.2, 0.25) is 10.0 Å². The molecule has 0 aliphatic carbocycles. The smallest absolute Gasteiger partial charge is 0.228 e.